The van der Waals surface area contributed by atoms with Crippen LogP contribution in [0.1, 0.15) is 13.3 Å². The summed E-state index contributed by atoms with van der Waals surface area (Å²) in [5, 5.41) is 3.27. The zero-order valence-corrected chi connectivity index (χ0v) is 9.97. The summed E-state index contributed by atoms with van der Waals surface area (Å²) in [6.45, 7) is 4.76. The monoisotopic (exact) mass is 234 g/mol. The van der Waals surface area contributed by atoms with Gasteiger partial charge in [0.25, 0.3) is 0 Å². The zero-order valence-electron chi connectivity index (χ0n) is 9.97. The van der Waals surface area contributed by atoms with Gasteiger partial charge in [0.15, 0.2) is 11.5 Å². The molecule has 6 nitrogen and oxygen atoms in total. The first-order valence-corrected chi connectivity index (χ1v) is 5.55. The third-order valence-corrected chi connectivity index (χ3v) is 2.48. The summed E-state index contributed by atoms with van der Waals surface area (Å²) in [5.74, 6) is 1.20. The van der Waals surface area contributed by atoms with Crippen LogP contribution in [-0.4, -0.2) is 33.6 Å². The van der Waals surface area contributed by atoms with E-state index in [1.165, 1.54) is 6.33 Å². The highest BCUT2D eigenvalue weighted by molar-refractivity contribution is 5.81. The van der Waals surface area contributed by atoms with Crippen LogP contribution in [-0.2, 0) is 4.74 Å². The molecular formula is C11H16N5O+. The second-order valence-corrected chi connectivity index (χ2v) is 3.89. The predicted molar refractivity (Wildman–Crippen MR) is 65.3 cm³/mol. The third-order valence-electron chi connectivity index (χ3n) is 2.48. The number of hydrogen-bond donors (Lipinski definition) is 2. The van der Waals surface area contributed by atoms with E-state index in [1.807, 2.05) is 6.61 Å². The Balaban J connectivity index is 1.92. The van der Waals surface area contributed by atoms with Gasteiger partial charge < -0.3 is 10.3 Å². The lowest BCUT2D eigenvalue weighted by Gasteiger charge is -2.06. The number of nitrogens with zero attached hydrogens (tertiary/aromatic N) is 3. The minimum Gasteiger partial charge on any atom is -0.368 e. The van der Waals surface area contributed by atoms with Crippen LogP contribution in [0.5, 0.6) is 0 Å². The average molecular weight is 234 g/mol. The van der Waals surface area contributed by atoms with E-state index in [4.69, 9.17) is 4.74 Å². The van der Waals surface area contributed by atoms with Gasteiger partial charge >= 0.3 is 0 Å². The molecule has 0 aliphatic carbocycles. The molecule has 0 aromatic carbocycles. The Morgan fingerprint density at radius 3 is 3.18 bits per heavy atom. The van der Waals surface area contributed by atoms with Crippen molar-refractivity contribution in [2.75, 3.05) is 19.0 Å². The molecule has 2 aromatic heterocycles. The lowest BCUT2D eigenvalue weighted by molar-refractivity contribution is 0.231. The van der Waals surface area contributed by atoms with E-state index in [9.17, 15) is 0 Å². The van der Waals surface area contributed by atoms with Gasteiger partial charge in [-0.15, -0.1) is 0 Å². The van der Waals surface area contributed by atoms with Gasteiger partial charge in [-0.05, 0) is 6.92 Å². The molecule has 0 aliphatic rings. The van der Waals surface area contributed by atoms with Crippen molar-refractivity contribution in [3.8, 4) is 0 Å². The highest BCUT2D eigenvalue weighted by Crippen LogP contribution is 2.15. The number of imidazole rings is 1. The highest BCUT2D eigenvalue weighted by Gasteiger charge is 2.11. The van der Waals surface area contributed by atoms with Crippen molar-refractivity contribution in [2.45, 2.75) is 13.3 Å². The predicted octanol–water partition coefficient (Wildman–Crippen LogP) is 1.60. The number of anilines is 1. The van der Waals surface area contributed by atoms with Gasteiger partial charge in [0.1, 0.15) is 17.8 Å². The van der Waals surface area contributed by atoms with Crippen LogP contribution in [0.2, 0.25) is 0 Å². The lowest BCUT2D eigenvalue weighted by Crippen LogP contribution is -2.09. The van der Waals surface area contributed by atoms with Crippen molar-refractivity contribution < 1.29 is 4.74 Å². The molecular weight excluding hydrogens is 218 g/mol. The van der Waals surface area contributed by atoms with E-state index in [1.54, 1.807) is 13.4 Å². The van der Waals surface area contributed by atoms with Crippen molar-refractivity contribution in [3.63, 3.8) is 0 Å². The Bertz CT molecular complexity index is 470. The van der Waals surface area contributed by atoms with Gasteiger partial charge in [0.05, 0.1) is 13.4 Å². The van der Waals surface area contributed by atoms with Crippen molar-refractivity contribution in [3.05, 3.63) is 19.3 Å². The molecule has 2 heterocycles. The molecule has 0 spiro atoms. The van der Waals surface area contributed by atoms with E-state index >= 15 is 0 Å². The molecule has 0 radical (unpaired) electrons. The minimum atomic E-state index is 0.409. The first-order chi connectivity index (χ1) is 8.31. The van der Waals surface area contributed by atoms with Crippen LogP contribution < -0.4 is 5.32 Å². The maximum Gasteiger partial charge on any atom is 0.229 e. The average Bonchev–Trinajstić information content (AvgIpc) is 2.78. The van der Waals surface area contributed by atoms with Gasteiger partial charge in [0.2, 0.25) is 6.61 Å². The molecule has 2 rings (SSSR count). The Hall–Kier alpha value is -1.82. The fourth-order valence-electron chi connectivity index (χ4n) is 1.62. The summed E-state index contributed by atoms with van der Waals surface area (Å²) in [6.07, 6.45) is 4.11. The second kappa shape index (κ2) is 5.49. The van der Waals surface area contributed by atoms with E-state index < -0.39 is 0 Å². The topological polar surface area (TPSA) is 75.7 Å². The van der Waals surface area contributed by atoms with E-state index in [0.717, 1.165) is 24.3 Å². The van der Waals surface area contributed by atoms with Crippen molar-refractivity contribution in [1.29, 1.82) is 0 Å². The van der Waals surface area contributed by atoms with Gasteiger partial charge in [-0.2, -0.15) is 4.74 Å². The van der Waals surface area contributed by atoms with Crippen LogP contribution >= 0.6 is 0 Å². The fraction of sp³-hybridized carbons (Fsp3) is 0.455. The van der Waals surface area contributed by atoms with Gasteiger partial charge in [0, 0.05) is 13.0 Å². The largest absolute Gasteiger partial charge is 0.368 e. The summed E-state index contributed by atoms with van der Waals surface area (Å²) in [6, 6.07) is 0. The molecule has 0 saturated carbocycles. The Morgan fingerprint density at radius 2 is 2.35 bits per heavy atom. The smallest absolute Gasteiger partial charge is 0.229 e. The summed E-state index contributed by atoms with van der Waals surface area (Å²) in [5.41, 5.74) is 1.52. The van der Waals surface area contributed by atoms with Crippen molar-refractivity contribution in [1.82, 2.24) is 19.9 Å². The Kier molecular flexibility index (Phi) is 3.77. The summed E-state index contributed by atoms with van der Waals surface area (Å²) >= 11 is 0. The van der Waals surface area contributed by atoms with Crippen LogP contribution in [0.3, 0.4) is 0 Å². The van der Waals surface area contributed by atoms with Crippen LogP contribution in [0.25, 0.3) is 11.2 Å². The number of H-pyrrole nitrogens is 1. The van der Waals surface area contributed by atoms with E-state index in [2.05, 4.69) is 32.2 Å². The SMILES string of the molecule is CO[CH+]C(C)CCNc1ncnc2nc[nH]c12. The number of fused-ring (bicyclic) bond motifs is 1. The normalized spacial score (nSPS) is 12.6. The molecule has 2 N–H and O–H groups in total. The van der Waals surface area contributed by atoms with Crippen LogP contribution in [0.15, 0.2) is 12.7 Å². The first kappa shape index (κ1) is 11.7. The molecule has 0 bridgehead atoms. The van der Waals surface area contributed by atoms with Crippen molar-refractivity contribution in [2.24, 2.45) is 5.92 Å². The molecule has 6 heteroatoms. The lowest BCUT2D eigenvalue weighted by atomic mass is 10.1. The van der Waals surface area contributed by atoms with E-state index in [0.29, 0.717) is 11.6 Å². The molecule has 1 atom stereocenters. The summed E-state index contributed by atoms with van der Waals surface area (Å²) in [7, 11) is 1.67. The Labute approximate surface area is 99.8 Å². The fourth-order valence-corrected chi connectivity index (χ4v) is 1.62. The molecule has 2 aromatic rings. The summed E-state index contributed by atoms with van der Waals surface area (Å²) < 4.78 is 4.97. The molecule has 0 saturated heterocycles. The quantitative estimate of drug-likeness (QED) is 0.742. The number of aromatic amines is 1. The summed E-state index contributed by atoms with van der Waals surface area (Å²) in [4.78, 5) is 15.3. The number of ether oxygens (including phenoxy) is 1. The molecule has 1 unspecified atom stereocenters. The van der Waals surface area contributed by atoms with Crippen molar-refractivity contribution >= 4 is 17.0 Å². The number of nitrogens with one attached hydrogen (secondary N) is 2. The van der Waals surface area contributed by atoms with Gasteiger partial charge in [-0.25, -0.2) is 15.0 Å². The molecule has 0 amide bonds. The van der Waals surface area contributed by atoms with E-state index in [-0.39, 0.29) is 0 Å². The number of methoxy groups -OCH3 is 1. The number of hydrogen-bond acceptors (Lipinski definition) is 5. The molecule has 17 heavy (non-hydrogen) atoms. The maximum absolute atomic E-state index is 4.97. The van der Waals surface area contributed by atoms with Crippen LogP contribution in [0.4, 0.5) is 5.82 Å². The highest BCUT2D eigenvalue weighted by atomic mass is 16.5. The zero-order chi connectivity index (χ0) is 12.1. The molecule has 90 valence electrons. The second-order valence-electron chi connectivity index (χ2n) is 3.89. The molecule has 0 aliphatic heterocycles. The standard InChI is InChI=1S/C11H16N5O/c1-8(5-17-2)3-4-12-10-9-11(14-6-13-9)16-7-15-10/h5-8H,3-4H2,1-2H3,(H2,12,13,14,15,16)/q+1. The van der Waals surface area contributed by atoms with Crippen LogP contribution in [0, 0.1) is 12.5 Å². The van der Waals surface area contributed by atoms with Gasteiger partial charge in [-0.3, -0.25) is 0 Å². The maximum atomic E-state index is 4.97. The number of rotatable bonds is 6. The molecule has 0 fully saturated rings. The first-order valence-electron chi connectivity index (χ1n) is 5.55. The number of aromatic nitrogens is 4. The Morgan fingerprint density at radius 1 is 1.47 bits per heavy atom. The van der Waals surface area contributed by atoms with Gasteiger partial charge in [-0.1, -0.05) is 0 Å². The third kappa shape index (κ3) is 2.85. The minimum absolute atomic E-state index is 0.409.